The molecule has 3 nitrogen and oxygen atoms in total. The fourth-order valence-electron chi connectivity index (χ4n) is 0.936. The highest BCUT2D eigenvalue weighted by Gasteiger charge is 2.05. The van der Waals surface area contributed by atoms with E-state index in [1.54, 1.807) is 12.3 Å². The standard InChI is InChI=1S/C9H11N3/c1-3-7-4-8(6(2)10)9(11)12-5-7/h1,4-6H,10H2,2H3,(H2,11,12)/t6-/m0/s1. The number of rotatable bonds is 1. The summed E-state index contributed by atoms with van der Waals surface area (Å²) in [6.45, 7) is 1.84. The summed E-state index contributed by atoms with van der Waals surface area (Å²) in [6.07, 6.45) is 6.75. The van der Waals surface area contributed by atoms with E-state index in [-0.39, 0.29) is 6.04 Å². The van der Waals surface area contributed by atoms with Crippen LogP contribution in [0.15, 0.2) is 12.3 Å². The van der Waals surface area contributed by atoms with Crippen molar-refractivity contribution in [3.63, 3.8) is 0 Å². The lowest BCUT2D eigenvalue weighted by molar-refractivity contribution is 0.815. The van der Waals surface area contributed by atoms with Gasteiger partial charge < -0.3 is 11.5 Å². The van der Waals surface area contributed by atoms with Crippen molar-refractivity contribution in [2.24, 2.45) is 5.73 Å². The molecule has 0 aliphatic carbocycles. The van der Waals surface area contributed by atoms with Crippen LogP contribution in [0.3, 0.4) is 0 Å². The van der Waals surface area contributed by atoms with Crippen molar-refractivity contribution in [3.8, 4) is 12.3 Å². The van der Waals surface area contributed by atoms with Gasteiger partial charge in [0.1, 0.15) is 5.82 Å². The van der Waals surface area contributed by atoms with Crippen LogP contribution >= 0.6 is 0 Å². The second-order valence-electron chi connectivity index (χ2n) is 2.63. The number of hydrogen-bond acceptors (Lipinski definition) is 3. The lowest BCUT2D eigenvalue weighted by Crippen LogP contribution is -2.09. The van der Waals surface area contributed by atoms with E-state index in [4.69, 9.17) is 17.9 Å². The lowest BCUT2D eigenvalue weighted by Gasteiger charge is -2.07. The zero-order valence-electron chi connectivity index (χ0n) is 6.91. The van der Waals surface area contributed by atoms with Gasteiger partial charge in [-0.05, 0) is 13.0 Å². The van der Waals surface area contributed by atoms with Crippen molar-refractivity contribution >= 4 is 5.82 Å². The third-order valence-electron chi connectivity index (χ3n) is 1.61. The summed E-state index contributed by atoms with van der Waals surface area (Å²) < 4.78 is 0. The van der Waals surface area contributed by atoms with E-state index in [1.807, 2.05) is 6.92 Å². The van der Waals surface area contributed by atoms with E-state index >= 15 is 0 Å². The van der Waals surface area contributed by atoms with E-state index in [1.165, 1.54) is 0 Å². The van der Waals surface area contributed by atoms with Gasteiger partial charge in [0.15, 0.2) is 0 Å². The van der Waals surface area contributed by atoms with Crippen molar-refractivity contribution < 1.29 is 0 Å². The normalized spacial score (nSPS) is 12.1. The van der Waals surface area contributed by atoms with Crippen molar-refractivity contribution in [1.82, 2.24) is 4.98 Å². The highest BCUT2D eigenvalue weighted by atomic mass is 14.8. The van der Waals surface area contributed by atoms with E-state index in [0.29, 0.717) is 11.4 Å². The maximum atomic E-state index is 5.65. The third-order valence-corrected chi connectivity index (χ3v) is 1.61. The first-order chi connectivity index (χ1) is 5.65. The molecule has 0 amide bonds. The summed E-state index contributed by atoms with van der Waals surface area (Å²) in [6, 6.07) is 1.65. The first kappa shape index (κ1) is 8.57. The van der Waals surface area contributed by atoms with Gasteiger partial charge in [-0.3, -0.25) is 0 Å². The Hall–Kier alpha value is -1.53. The van der Waals surface area contributed by atoms with Crippen molar-refractivity contribution in [2.75, 3.05) is 5.73 Å². The second kappa shape index (κ2) is 3.24. The van der Waals surface area contributed by atoms with E-state index < -0.39 is 0 Å². The Morgan fingerprint density at radius 2 is 2.33 bits per heavy atom. The summed E-state index contributed by atoms with van der Waals surface area (Å²) in [5.74, 6) is 2.92. The molecule has 1 aromatic heterocycles. The SMILES string of the molecule is C#Cc1cnc(N)c([C@H](C)N)c1. The van der Waals surface area contributed by atoms with Crippen LogP contribution < -0.4 is 11.5 Å². The minimum absolute atomic E-state index is 0.134. The topological polar surface area (TPSA) is 64.9 Å². The number of nitrogens with zero attached hydrogens (tertiary/aromatic N) is 1. The van der Waals surface area contributed by atoms with Crippen LogP contribution in [0.5, 0.6) is 0 Å². The molecule has 4 N–H and O–H groups in total. The van der Waals surface area contributed by atoms with Crippen LogP contribution in [0, 0.1) is 12.3 Å². The highest BCUT2D eigenvalue weighted by Crippen LogP contribution is 2.16. The summed E-state index contributed by atoms with van der Waals surface area (Å²) >= 11 is 0. The minimum Gasteiger partial charge on any atom is -0.383 e. The molecule has 0 spiro atoms. The van der Waals surface area contributed by atoms with Crippen LogP contribution in [-0.2, 0) is 0 Å². The Morgan fingerprint density at radius 1 is 1.67 bits per heavy atom. The molecule has 0 aliphatic heterocycles. The van der Waals surface area contributed by atoms with Gasteiger partial charge in [-0.2, -0.15) is 0 Å². The summed E-state index contributed by atoms with van der Waals surface area (Å²) in [4.78, 5) is 3.93. The molecular formula is C9H11N3. The molecule has 0 saturated carbocycles. The molecule has 1 rings (SSSR count). The molecule has 3 heteroatoms. The number of terminal acetylenes is 1. The van der Waals surface area contributed by atoms with Crippen LogP contribution in [0.2, 0.25) is 0 Å². The number of nitrogens with two attached hydrogens (primary N) is 2. The summed E-state index contributed by atoms with van der Waals surface area (Å²) in [7, 11) is 0. The Morgan fingerprint density at radius 3 is 2.83 bits per heavy atom. The Bertz CT molecular complexity index is 323. The van der Waals surface area contributed by atoms with E-state index in [0.717, 1.165) is 5.56 Å². The predicted octanol–water partition coefficient (Wildman–Crippen LogP) is 0.665. The number of pyridine rings is 1. The fraction of sp³-hybridized carbons (Fsp3) is 0.222. The van der Waals surface area contributed by atoms with Crippen molar-refractivity contribution in [3.05, 3.63) is 23.4 Å². The van der Waals surface area contributed by atoms with Gasteiger partial charge in [0.2, 0.25) is 0 Å². The quantitative estimate of drug-likeness (QED) is 0.595. The second-order valence-corrected chi connectivity index (χ2v) is 2.63. The van der Waals surface area contributed by atoms with Gasteiger partial charge in [0.05, 0.1) is 0 Å². The number of hydrogen-bond donors (Lipinski definition) is 2. The zero-order valence-corrected chi connectivity index (χ0v) is 6.91. The fourth-order valence-corrected chi connectivity index (χ4v) is 0.936. The molecule has 12 heavy (non-hydrogen) atoms. The van der Waals surface area contributed by atoms with Crippen molar-refractivity contribution in [1.29, 1.82) is 0 Å². The Balaban J connectivity index is 3.19. The van der Waals surface area contributed by atoms with Crippen LogP contribution in [-0.4, -0.2) is 4.98 Å². The van der Waals surface area contributed by atoms with Crippen LogP contribution in [0.4, 0.5) is 5.82 Å². The molecule has 1 aromatic rings. The van der Waals surface area contributed by atoms with Gasteiger partial charge in [-0.1, -0.05) is 5.92 Å². The van der Waals surface area contributed by atoms with Gasteiger partial charge >= 0.3 is 0 Å². The lowest BCUT2D eigenvalue weighted by atomic mass is 10.1. The van der Waals surface area contributed by atoms with E-state index in [2.05, 4.69) is 10.9 Å². The van der Waals surface area contributed by atoms with Crippen molar-refractivity contribution in [2.45, 2.75) is 13.0 Å². The third kappa shape index (κ3) is 1.55. The zero-order chi connectivity index (χ0) is 9.14. The molecule has 0 aliphatic rings. The molecule has 1 atom stereocenters. The molecular weight excluding hydrogens is 150 g/mol. The summed E-state index contributed by atoms with van der Waals surface area (Å²) in [5, 5.41) is 0. The van der Waals surface area contributed by atoms with Crippen LogP contribution in [0.1, 0.15) is 24.1 Å². The van der Waals surface area contributed by atoms with Gasteiger partial charge in [-0.15, -0.1) is 6.42 Å². The first-order valence-electron chi connectivity index (χ1n) is 3.62. The molecule has 0 unspecified atom stereocenters. The molecule has 1 heterocycles. The Kier molecular flexibility index (Phi) is 2.32. The molecule has 0 saturated heterocycles. The molecule has 0 bridgehead atoms. The summed E-state index contributed by atoms with van der Waals surface area (Å²) in [5.41, 5.74) is 12.7. The highest BCUT2D eigenvalue weighted by molar-refractivity contribution is 5.46. The monoisotopic (exact) mass is 161 g/mol. The number of anilines is 1. The molecule has 0 radical (unpaired) electrons. The number of nitrogen functional groups attached to an aromatic ring is 1. The molecule has 0 aromatic carbocycles. The largest absolute Gasteiger partial charge is 0.383 e. The molecule has 0 fully saturated rings. The van der Waals surface area contributed by atoms with Crippen LogP contribution in [0.25, 0.3) is 0 Å². The maximum absolute atomic E-state index is 5.65. The predicted molar refractivity (Wildman–Crippen MR) is 49.2 cm³/mol. The Labute approximate surface area is 71.8 Å². The van der Waals surface area contributed by atoms with Gasteiger partial charge in [0.25, 0.3) is 0 Å². The van der Waals surface area contributed by atoms with Gasteiger partial charge in [0, 0.05) is 23.4 Å². The van der Waals surface area contributed by atoms with Gasteiger partial charge in [-0.25, -0.2) is 4.98 Å². The average Bonchev–Trinajstić information content (AvgIpc) is 2.05. The maximum Gasteiger partial charge on any atom is 0.128 e. The van der Waals surface area contributed by atoms with E-state index in [9.17, 15) is 0 Å². The number of aromatic nitrogens is 1. The average molecular weight is 161 g/mol. The minimum atomic E-state index is -0.134. The first-order valence-corrected chi connectivity index (χ1v) is 3.62. The smallest absolute Gasteiger partial charge is 0.128 e. The molecule has 62 valence electrons.